The standard InChI is InChI=1S/C29H41N3O7/c1-5-38-28(34)25-20(3)31(17-16-30(18-19-33)22-12-8-7-9-13-22)21(4)26(29(35)39-6-2)27(25)23-14-10-11-15-24(23)32(36)37/h10-11,14-15,22,27,33H,5-9,12-13,16-19H2,1-4H3. The van der Waals surface area contributed by atoms with Crippen LogP contribution in [0, 0.1) is 10.1 Å². The minimum absolute atomic E-state index is 0.0437. The quantitative estimate of drug-likeness (QED) is 0.234. The number of hydrogen-bond donors (Lipinski definition) is 1. The van der Waals surface area contributed by atoms with Crippen LogP contribution in [0.3, 0.4) is 0 Å². The molecule has 1 fully saturated rings. The number of ether oxygens (including phenoxy) is 2. The van der Waals surface area contributed by atoms with Crippen molar-refractivity contribution < 1.29 is 29.1 Å². The monoisotopic (exact) mass is 543 g/mol. The smallest absolute Gasteiger partial charge is 0.336 e. The van der Waals surface area contributed by atoms with E-state index in [1.54, 1.807) is 45.9 Å². The highest BCUT2D eigenvalue weighted by molar-refractivity contribution is 6.00. The molecule has 1 aliphatic carbocycles. The van der Waals surface area contributed by atoms with Crippen LogP contribution in [0.4, 0.5) is 5.69 Å². The fourth-order valence-corrected chi connectivity index (χ4v) is 5.88. The Morgan fingerprint density at radius 1 is 1.00 bits per heavy atom. The lowest BCUT2D eigenvalue weighted by atomic mass is 9.79. The van der Waals surface area contributed by atoms with E-state index >= 15 is 0 Å². The third-order valence-corrected chi connectivity index (χ3v) is 7.69. The largest absolute Gasteiger partial charge is 0.463 e. The summed E-state index contributed by atoms with van der Waals surface area (Å²) in [7, 11) is 0. The number of carbonyl (C=O) groups excluding carboxylic acids is 2. The Bertz CT molecular complexity index is 1070. The fraction of sp³-hybridized carbons (Fsp3) is 0.586. The molecule has 214 valence electrons. The Morgan fingerprint density at radius 2 is 1.56 bits per heavy atom. The van der Waals surface area contributed by atoms with Crippen molar-refractivity contribution in [1.82, 2.24) is 9.80 Å². The number of aliphatic hydroxyl groups is 1. The van der Waals surface area contributed by atoms with Gasteiger partial charge >= 0.3 is 11.9 Å². The lowest BCUT2D eigenvalue weighted by molar-refractivity contribution is -0.385. The van der Waals surface area contributed by atoms with E-state index in [0.29, 0.717) is 37.1 Å². The van der Waals surface area contributed by atoms with E-state index in [0.717, 1.165) is 25.7 Å². The summed E-state index contributed by atoms with van der Waals surface area (Å²) in [6, 6.07) is 6.53. The van der Waals surface area contributed by atoms with E-state index in [1.165, 1.54) is 12.5 Å². The van der Waals surface area contributed by atoms with Gasteiger partial charge in [0.05, 0.1) is 41.8 Å². The van der Waals surface area contributed by atoms with Crippen LogP contribution in [0.15, 0.2) is 46.8 Å². The van der Waals surface area contributed by atoms with Crippen molar-refractivity contribution in [3.63, 3.8) is 0 Å². The first-order valence-corrected chi connectivity index (χ1v) is 13.9. The number of hydrogen-bond acceptors (Lipinski definition) is 9. The van der Waals surface area contributed by atoms with E-state index in [4.69, 9.17) is 9.47 Å². The van der Waals surface area contributed by atoms with E-state index in [9.17, 15) is 24.8 Å². The molecule has 1 saturated carbocycles. The summed E-state index contributed by atoms with van der Waals surface area (Å²) in [6.45, 7) is 8.85. The minimum atomic E-state index is -1.02. The Hall–Kier alpha value is -3.24. The van der Waals surface area contributed by atoms with Gasteiger partial charge in [-0.2, -0.15) is 0 Å². The second-order valence-corrected chi connectivity index (χ2v) is 9.89. The Labute approximate surface area is 230 Å². The summed E-state index contributed by atoms with van der Waals surface area (Å²) in [6.07, 6.45) is 5.69. The van der Waals surface area contributed by atoms with Gasteiger partial charge < -0.3 is 19.5 Å². The van der Waals surface area contributed by atoms with Gasteiger partial charge in [0.15, 0.2) is 0 Å². The molecule has 39 heavy (non-hydrogen) atoms. The maximum Gasteiger partial charge on any atom is 0.336 e. The van der Waals surface area contributed by atoms with Crippen LogP contribution in [-0.2, 0) is 19.1 Å². The van der Waals surface area contributed by atoms with Gasteiger partial charge in [-0.3, -0.25) is 15.0 Å². The van der Waals surface area contributed by atoms with Crippen molar-refractivity contribution in [2.75, 3.05) is 39.5 Å². The van der Waals surface area contributed by atoms with Gasteiger partial charge in [0, 0.05) is 48.7 Å². The van der Waals surface area contributed by atoms with Crippen molar-refractivity contribution in [1.29, 1.82) is 0 Å². The Kier molecular flexibility index (Phi) is 11.1. The molecular formula is C29H41N3O7. The molecule has 0 bridgehead atoms. The highest BCUT2D eigenvalue weighted by atomic mass is 16.6. The molecule has 10 nitrogen and oxygen atoms in total. The van der Waals surface area contributed by atoms with E-state index in [1.807, 2.05) is 4.90 Å². The van der Waals surface area contributed by atoms with Crippen LogP contribution in [0.1, 0.15) is 71.3 Å². The van der Waals surface area contributed by atoms with Crippen LogP contribution in [0.5, 0.6) is 0 Å². The van der Waals surface area contributed by atoms with Crippen molar-refractivity contribution in [2.24, 2.45) is 0 Å². The summed E-state index contributed by atoms with van der Waals surface area (Å²) in [5, 5.41) is 21.7. The van der Waals surface area contributed by atoms with Crippen LogP contribution in [0.2, 0.25) is 0 Å². The maximum atomic E-state index is 13.4. The molecule has 1 aromatic rings. The van der Waals surface area contributed by atoms with Crippen molar-refractivity contribution >= 4 is 17.6 Å². The molecule has 0 saturated heterocycles. The third kappa shape index (κ3) is 6.86. The third-order valence-electron chi connectivity index (χ3n) is 7.69. The zero-order valence-electron chi connectivity index (χ0n) is 23.5. The zero-order valence-corrected chi connectivity index (χ0v) is 23.5. The minimum Gasteiger partial charge on any atom is -0.463 e. The molecule has 0 atom stereocenters. The number of nitro groups is 1. The van der Waals surface area contributed by atoms with Crippen molar-refractivity contribution in [2.45, 2.75) is 71.8 Å². The molecule has 1 heterocycles. The van der Waals surface area contributed by atoms with Gasteiger partial charge in [-0.15, -0.1) is 0 Å². The fourth-order valence-electron chi connectivity index (χ4n) is 5.88. The molecule has 0 unspecified atom stereocenters. The van der Waals surface area contributed by atoms with E-state index in [2.05, 4.69) is 4.90 Å². The molecular weight excluding hydrogens is 502 g/mol. The normalized spacial score (nSPS) is 17.1. The van der Waals surface area contributed by atoms with Gasteiger partial charge in [0.1, 0.15) is 0 Å². The van der Waals surface area contributed by atoms with Gasteiger partial charge in [0.25, 0.3) is 5.69 Å². The van der Waals surface area contributed by atoms with Gasteiger partial charge in [0.2, 0.25) is 0 Å². The first-order chi connectivity index (χ1) is 18.8. The van der Waals surface area contributed by atoms with Crippen LogP contribution in [0.25, 0.3) is 0 Å². The second kappa shape index (κ2) is 14.2. The lowest BCUT2D eigenvalue weighted by Gasteiger charge is -2.40. The average Bonchev–Trinajstić information content (AvgIpc) is 2.92. The SMILES string of the molecule is CCOC(=O)C1=C(C)N(CCN(CCO)C2CCCCC2)C(C)=C(C(=O)OCC)C1c1ccccc1[N+](=O)[O-]. The summed E-state index contributed by atoms with van der Waals surface area (Å²) < 4.78 is 10.8. The van der Waals surface area contributed by atoms with Gasteiger partial charge in [-0.05, 0) is 40.5 Å². The van der Waals surface area contributed by atoms with Crippen LogP contribution < -0.4 is 0 Å². The number of nitro benzene ring substituents is 1. The molecule has 0 radical (unpaired) electrons. The highest BCUT2D eigenvalue weighted by Crippen LogP contribution is 2.45. The molecule has 0 spiro atoms. The summed E-state index contributed by atoms with van der Waals surface area (Å²) in [5.41, 5.74) is 1.57. The van der Waals surface area contributed by atoms with Crippen molar-refractivity contribution in [3.05, 3.63) is 62.5 Å². The van der Waals surface area contributed by atoms with Crippen LogP contribution in [-0.4, -0.2) is 77.3 Å². The molecule has 2 aliphatic rings. The zero-order chi connectivity index (χ0) is 28.5. The number of para-hydroxylation sites is 1. The van der Waals surface area contributed by atoms with Gasteiger partial charge in [-0.25, -0.2) is 9.59 Å². The summed E-state index contributed by atoms with van der Waals surface area (Å²) in [4.78, 5) is 42.6. The average molecular weight is 544 g/mol. The molecule has 1 aromatic carbocycles. The number of esters is 2. The molecule has 1 N–H and O–H groups in total. The number of carbonyl (C=O) groups is 2. The van der Waals surface area contributed by atoms with Crippen LogP contribution >= 0.6 is 0 Å². The number of benzene rings is 1. The number of aliphatic hydroxyl groups excluding tert-OH is 1. The van der Waals surface area contributed by atoms with Crippen molar-refractivity contribution in [3.8, 4) is 0 Å². The highest BCUT2D eigenvalue weighted by Gasteiger charge is 2.43. The lowest BCUT2D eigenvalue weighted by Crippen LogP contribution is -2.44. The first kappa shape index (κ1) is 30.3. The predicted octanol–water partition coefficient (Wildman–Crippen LogP) is 4.30. The topological polar surface area (TPSA) is 122 Å². The number of rotatable bonds is 12. The summed E-state index contributed by atoms with van der Waals surface area (Å²) in [5.74, 6) is -2.28. The van der Waals surface area contributed by atoms with E-state index < -0.39 is 22.8 Å². The molecule has 0 amide bonds. The van der Waals surface area contributed by atoms with Gasteiger partial charge in [-0.1, -0.05) is 37.5 Å². The molecule has 0 aromatic heterocycles. The Morgan fingerprint density at radius 3 is 2.08 bits per heavy atom. The predicted molar refractivity (Wildman–Crippen MR) is 147 cm³/mol. The summed E-state index contributed by atoms with van der Waals surface area (Å²) >= 11 is 0. The molecule has 3 rings (SSSR count). The Balaban J connectivity index is 2.13. The molecule has 10 heteroatoms. The molecule has 1 aliphatic heterocycles. The van der Waals surface area contributed by atoms with E-state index in [-0.39, 0.29) is 42.2 Å². The maximum absolute atomic E-state index is 13.4. The number of allylic oxidation sites excluding steroid dienone is 2. The number of nitrogens with zero attached hydrogens (tertiary/aromatic N) is 3. The first-order valence-electron chi connectivity index (χ1n) is 13.9. The second-order valence-electron chi connectivity index (χ2n) is 9.89.